The van der Waals surface area contributed by atoms with Gasteiger partial charge >= 0.3 is 5.97 Å². The van der Waals surface area contributed by atoms with Crippen LogP contribution in [0.3, 0.4) is 0 Å². The molecule has 1 N–H and O–H groups in total. The summed E-state index contributed by atoms with van der Waals surface area (Å²) >= 11 is 4.88. The van der Waals surface area contributed by atoms with Gasteiger partial charge in [0.2, 0.25) is 0 Å². The lowest BCUT2D eigenvalue weighted by Crippen LogP contribution is -2.02. The number of rotatable bonds is 4. The number of carbonyl (C=O) groups is 1. The summed E-state index contributed by atoms with van der Waals surface area (Å²) in [7, 11) is 0. The zero-order valence-corrected chi connectivity index (χ0v) is 13.5. The summed E-state index contributed by atoms with van der Waals surface area (Å²) in [5.74, 6) is -0.735. The van der Waals surface area contributed by atoms with Crippen LogP contribution < -0.4 is 0 Å². The maximum absolute atomic E-state index is 11.2. The highest BCUT2D eigenvalue weighted by atomic mass is 79.9. The molecule has 1 aromatic carbocycles. The van der Waals surface area contributed by atoms with E-state index in [0.717, 1.165) is 15.1 Å². The summed E-state index contributed by atoms with van der Waals surface area (Å²) in [4.78, 5) is 16.7. The molecule has 3 nitrogen and oxygen atoms in total. The lowest BCUT2D eigenvalue weighted by Gasteiger charge is -2.09. The number of benzene rings is 1. The fourth-order valence-corrected chi connectivity index (χ4v) is 3.11. The first kappa shape index (κ1) is 15.1. The van der Waals surface area contributed by atoms with Crippen LogP contribution in [0.25, 0.3) is 0 Å². The second-order valence-corrected chi connectivity index (χ2v) is 6.65. The summed E-state index contributed by atoms with van der Waals surface area (Å²) in [6.45, 7) is 4.00. The van der Waals surface area contributed by atoms with E-state index in [9.17, 15) is 9.90 Å². The number of nitrogens with zero attached hydrogens (tertiary/aromatic N) is 1. The van der Waals surface area contributed by atoms with Crippen molar-refractivity contribution in [1.29, 1.82) is 0 Å². The van der Waals surface area contributed by atoms with Crippen molar-refractivity contribution in [2.24, 2.45) is 0 Å². The SMILES string of the molecule is CC(C)c1cc(C(=O)O)cc(Sc2cccc(Br)c2)n1. The first-order valence-electron chi connectivity index (χ1n) is 6.14. The third-order valence-electron chi connectivity index (χ3n) is 2.68. The molecule has 5 heteroatoms. The Morgan fingerprint density at radius 1 is 1.30 bits per heavy atom. The van der Waals surface area contributed by atoms with Gasteiger partial charge in [0.05, 0.1) is 5.56 Å². The summed E-state index contributed by atoms with van der Waals surface area (Å²) < 4.78 is 0.987. The highest BCUT2D eigenvalue weighted by Gasteiger charge is 2.11. The minimum atomic E-state index is -0.926. The zero-order valence-electron chi connectivity index (χ0n) is 11.1. The Hall–Kier alpha value is -1.33. The van der Waals surface area contributed by atoms with E-state index >= 15 is 0 Å². The van der Waals surface area contributed by atoms with Crippen molar-refractivity contribution in [3.8, 4) is 0 Å². The fourth-order valence-electron chi connectivity index (χ4n) is 1.65. The normalized spacial score (nSPS) is 10.8. The summed E-state index contributed by atoms with van der Waals surface area (Å²) in [6, 6.07) is 11.1. The van der Waals surface area contributed by atoms with Crippen LogP contribution in [0.4, 0.5) is 0 Å². The van der Waals surface area contributed by atoms with Crippen LogP contribution in [0.2, 0.25) is 0 Å². The first-order valence-corrected chi connectivity index (χ1v) is 7.75. The monoisotopic (exact) mass is 351 g/mol. The second kappa shape index (κ2) is 6.41. The van der Waals surface area contributed by atoms with Crippen molar-refractivity contribution < 1.29 is 9.90 Å². The molecule has 0 aliphatic carbocycles. The number of pyridine rings is 1. The number of carboxylic acids is 1. The van der Waals surface area contributed by atoms with Crippen LogP contribution >= 0.6 is 27.7 Å². The fraction of sp³-hybridized carbons (Fsp3) is 0.200. The van der Waals surface area contributed by atoms with Crippen molar-refractivity contribution in [2.75, 3.05) is 0 Å². The average Bonchev–Trinajstić information content (AvgIpc) is 2.38. The molecule has 1 aromatic heterocycles. The Morgan fingerprint density at radius 3 is 2.65 bits per heavy atom. The van der Waals surface area contributed by atoms with Crippen molar-refractivity contribution >= 4 is 33.7 Å². The molecule has 0 saturated carbocycles. The van der Waals surface area contributed by atoms with Crippen LogP contribution in [-0.2, 0) is 0 Å². The van der Waals surface area contributed by atoms with Crippen LogP contribution in [0, 0.1) is 0 Å². The lowest BCUT2D eigenvalue weighted by molar-refractivity contribution is 0.0696. The minimum Gasteiger partial charge on any atom is -0.478 e. The summed E-state index contributed by atoms with van der Waals surface area (Å²) in [5.41, 5.74) is 1.07. The van der Waals surface area contributed by atoms with Gasteiger partial charge in [0.25, 0.3) is 0 Å². The van der Waals surface area contributed by atoms with Crippen LogP contribution in [-0.4, -0.2) is 16.1 Å². The highest BCUT2D eigenvalue weighted by molar-refractivity contribution is 9.10. The minimum absolute atomic E-state index is 0.191. The Bertz CT molecular complexity index is 644. The van der Waals surface area contributed by atoms with Gasteiger partial charge in [0.1, 0.15) is 5.03 Å². The molecular formula is C15H14BrNO2S. The molecule has 0 fully saturated rings. The van der Waals surface area contributed by atoms with E-state index in [1.807, 2.05) is 38.1 Å². The predicted octanol–water partition coefficient (Wildman–Crippen LogP) is 4.82. The van der Waals surface area contributed by atoms with E-state index in [1.54, 1.807) is 12.1 Å². The van der Waals surface area contributed by atoms with Gasteiger partial charge in [0, 0.05) is 15.1 Å². The molecule has 104 valence electrons. The largest absolute Gasteiger partial charge is 0.478 e. The van der Waals surface area contributed by atoms with Gasteiger partial charge in [-0.05, 0) is 36.2 Å². The molecule has 1 heterocycles. The molecule has 2 aromatic rings. The van der Waals surface area contributed by atoms with E-state index in [1.165, 1.54) is 11.8 Å². The Kier molecular flexibility index (Phi) is 4.83. The molecule has 0 spiro atoms. The average molecular weight is 352 g/mol. The molecule has 0 aliphatic rings. The Balaban J connectivity index is 2.38. The molecule has 0 amide bonds. The summed E-state index contributed by atoms with van der Waals surface area (Å²) in [6.07, 6.45) is 0. The zero-order chi connectivity index (χ0) is 14.7. The molecule has 0 bridgehead atoms. The maximum atomic E-state index is 11.2. The Morgan fingerprint density at radius 2 is 2.05 bits per heavy atom. The molecule has 2 rings (SSSR count). The van der Waals surface area contributed by atoms with Gasteiger partial charge in [-0.25, -0.2) is 9.78 Å². The van der Waals surface area contributed by atoms with E-state index < -0.39 is 5.97 Å². The first-order chi connectivity index (χ1) is 9.45. The number of halogens is 1. The molecule has 0 aliphatic heterocycles. The van der Waals surface area contributed by atoms with Gasteiger partial charge in [-0.1, -0.05) is 47.6 Å². The molecular weight excluding hydrogens is 338 g/mol. The van der Waals surface area contributed by atoms with Crippen LogP contribution in [0.1, 0.15) is 35.8 Å². The predicted molar refractivity (Wildman–Crippen MR) is 83.6 cm³/mol. The van der Waals surface area contributed by atoms with Crippen molar-refractivity contribution in [2.45, 2.75) is 29.7 Å². The molecule has 0 radical (unpaired) electrons. The van der Waals surface area contributed by atoms with Gasteiger partial charge in [0.15, 0.2) is 0 Å². The smallest absolute Gasteiger partial charge is 0.335 e. The standard InChI is InChI=1S/C15H14BrNO2S/c1-9(2)13-6-10(15(18)19)7-14(17-13)20-12-5-3-4-11(16)8-12/h3-9H,1-2H3,(H,18,19). The highest BCUT2D eigenvalue weighted by Crippen LogP contribution is 2.30. The molecule has 0 saturated heterocycles. The molecule has 0 atom stereocenters. The van der Waals surface area contributed by atoms with Crippen molar-refractivity contribution in [3.05, 3.63) is 52.1 Å². The van der Waals surface area contributed by atoms with E-state index in [2.05, 4.69) is 20.9 Å². The lowest BCUT2D eigenvalue weighted by atomic mass is 10.1. The van der Waals surface area contributed by atoms with E-state index in [0.29, 0.717) is 5.03 Å². The van der Waals surface area contributed by atoms with Gasteiger partial charge in [-0.3, -0.25) is 0 Å². The quantitative estimate of drug-likeness (QED) is 0.857. The topological polar surface area (TPSA) is 50.2 Å². The van der Waals surface area contributed by atoms with Crippen LogP contribution in [0.15, 0.2) is 50.8 Å². The summed E-state index contributed by atoms with van der Waals surface area (Å²) in [5, 5.41) is 9.88. The molecule has 20 heavy (non-hydrogen) atoms. The number of hydrogen-bond donors (Lipinski definition) is 1. The third-order valence-corrected chi connectivity index (χ3v) is 4.08. The van der Waals surface area contributed by atoms with Crippen molar-refractivity contribution in [1.82, 2.24) is 4.98 Å². The number of aromatic carboxylic acids is 1. The van der Waals surface area contributed by atoms with Crippen LogP contribution in [0.5, 0.6) is 0 Å². The van der Waals surface area contributed by atoms with E-state index in [-0.39, 0.29) is 11.5 Å². The Labute approximate surface area is 130 Å². The van der Waals surface area contributed by atoms with Gasteiger partial charge in [-0.2, -0.15) is 0 Å². The maximum Gasteiger partial charge on any atom is 0.335 e. The van der Waals surface area contributed by atoms with Crippen molar-refractivity contribution in [3.63, 3.8) is 0 Å². The van der Waals surface area contributed by atoms with E-state index in [4.69, 9.17) is 0 Å². The number of aromatic nitrogens is 1. The second-order valence-electron chi connectivity index (χ2n) is 4.64. The van der Waals surface area contributed by atoms with Gasteiger partial charge < -0.3 is 5.11 Å². The third kappa shape index (κ3) is 3.84. The molecule has 0 unspecified atom stereocenters. The number of carboxylic acid groups (broad SMARTS) is 1. The number of hydrogen-bond acceptors (Lipinski definition) is 3. The van der Waals surface area contributed by atoms with Gasteiger partial charge in [-0.15, -0.1) is 0 Å².